The third kappa shape index (κ3) is 4.32. The third-order valence-electron chi connectivity index (χ3n) is 3.81. The molecule has 1 aliphatic heterocycles. The second kappa shape index (κ2) is 7.26. The highest BCUT2D eigenvalue weighted by atomic mass is 16.6. The molecule has 1 aromatic rings. The molecule has 0 aliphatic carbocycles. The van der Waals surface area contributed by atoms with Crippen LogP contribution >= 0.6 is 0 Å². The van der Waals surface area contributed by atoms with Gasteiger partial charge < -0.3 is 15.4 Å². The Bertz CT molecular complexity index is 493. The lowest BCUT2D eigenvalue weighted by Crippen LogP contribution is -2.20. The van der Waals surface area contributed by atoms with Crippen LogP contribution in [0.2, 0.25) is 0 Å². The molecular weight excluding hydrogens is 270 g/mol. The largest absolute Gasteiger partial charge is 0.385 e. The van der Waals surface area contributed by atoms with Gasteiger partial charge in [-0.15, -0.1) is 0 Å². The summed E-state index contributed by atoms with van der Waals surface area (Å²) in [5.41, 5.74) is 1.67. The number of hydrogen-bond acceptors (Lipinski definition) is 5. The van der Waals surface area contributed by atoms with Gasteiger partial charge in [0.2, 0.25) is 0 Å². The van der Waals surface area contributed by atoms with Crippen molar-refractivity contribution in [2.45, 2.75) is 32.8 Å². The lowest BCUT2D eigenvalue weighted by molar-refractivity contribution is -0.384. The van der Waals surface area contributed by atoms with Crippen LogP contribution in [0.1, 0.15) is 26.7 Å². The summed E-state index contributed by atoms with van der Waals surface area (Å²) in [6, 6.07) is 5.07. The molecule has 2 atom stereocenters. The fourth-order valence-electron chi connectivity index (χ4n) is 2.48. The first kappa shape index (κ1) is 15.6. The molecule has 2 N–H and O–H groups in total. The second-order valence-electron chi connectivity index (χ2n) is 5.46. The highest BCUT2D eigenvalue weighted by Gasteiger charge is 2.23. The number of anilines is 2. The van der Waals surface area contributed by atoms with Crippen LogP contribution in [0.15, 0.2) is 18.2 Å². The molecule has 6 heteroatoms. The van der Waals surface area contributed by atoms with Crippen LogP contribution in [-0.2, 0) is 4.74 Å². The summed E-state index contributed by atoms with van der Waals surface area (Å²) < 4.78 is 5.53. The van der Waals surface area contributed by atoms with Gasteiger partial charge in [-0.3, -0.25) is 10.1 Å². The van der Waals surface area contributed by atoms with Crippen molar-refractivity contribution in [2.24, 2.45) is 5.92 Å². The summed E-state index contributed by atoms with van der Waals surface area (Å²) in [6.45, 7) is 6.50. The van der Waals surface area contributed by atoms with Crippen molar-refractivity contribution in [3.8, 4) is 0 Å². The molecule has 0 saturated carbocycles. The number of hydrogen-bond donors (Lipinski definition) is 2. The fourth-order valence-corrected chi connectivity index (χ4v) is 2.48. The Morgan fingerprint density at radius 3 is 2.62 bits per heavy atom. The molecule has 6 nitrogen and oxygen atoms in total. The van der Waals surface area contributed by atoms with Crippen molar-refractivity contribution in [3.63, 3.8) is 0 Å². The Labute approximate surface area is 125 Å². The SMILES string of the molecule is CCCNc1cc(NCC2CCOC2C)cc([N+](=O)[O-])c1. The Morgan fingerprint density at radius 1 is 1.33 bits per heavy atom. The first-order chi connectivity index (χ1) is 10.1. The van der Waals surface area contributed by atoms with E-state index >= 15 is 0 Å². The van der Waals surface area contributed by atoms with Gasteiger partial charge in [0.25, 0.3) is 5.69 Å². The summed E-state index contributed by atoms with van der Waals surface area (Å²) in [6.07, 6.45) is 2.25. The minimum absolute atomic E-state index is 0.106. The normalized spacial score (nSPS) is 21.2. The van der Waals surface area contributed by atoms with E-state index < -0.39 is 0 Å². The van der Waals surface area contributed by atoms with Crippen LogP contribution < -0.4 is 10.6 Å². The van der Waals surface area contributed by atoms with Gasteiger partial charge in [0, 0.05) is 49.1 Å². The van der Waals surface area contributed by atoms with E-state index in [0.717, 1.165) is 43.9 Å². The lowest BCUT2D eigenvalue weighted by Gasteiger charge is -2.16. The standard InChI is InChI=1S/C15H23N3O3/c1-3-5-16-13-7-14(9-15(8-13)18(19)20)17-10-12-4-6-21-11(12)2/h7-9,11-12,16-17H,3-6,10H2,1-2H3. The van der Waals surface area contributed by atoms with Crippen molar-refractivity contribution in [1.82, 2.24) is 0 Å². The van der Waals surface area contributed by atoms with Crippen molar-refractivity contribution in [3.05, 3.63) is 28.3 Å². The Balaban J connectivity index is 2.05. The van der Waals surface area contributed by atoms with Gasteiger partial charge >= 0.3 is 0 Å². The molecule has 1 heterocycles. The van der Waals surface area contributed by atoms with E-state index in [4.69, 9.17) is 4.74 Å². The number of rotatable bonds is 7. The molecule has 2 rings (SSSR count). The zero-order chi connectivity index (χ0) is 15.2. The van der Waals surface area contributed by atoms with Crippen LogP contribution in [-0.4, -0.2) is 30.7 Å². The van der Waals surface area contributed by atoms with E-state index in [1.54, 1.807) is 12.1 Å². The fraction of sp³-hybridized carbons (Fsp3) is 0.600. The number of nitro groups is 1. The summed E-state index contributed by atoms with van der Waals surface area (Å²) in [5, 5.41) is 17.5. The van der Waals surface area contributed by atoms with E-state index in [1.165, 1.54) is 0 Å². The molecule has 0 amide bonds. The first-order valence-electron chi connectivity index (χ1n) is 7.49. The number of non-ortho nitro benzene ring substituents is 1. The zero-order valence-electron chi connectivity index (χ0n) is 12.6. The monoisotopic (exact) mass is 293 g/mol. The zero-order valence-corrected chi connectivity index (χ0v) is 12.6. The Hall–Kier alpha value is -1.82. The number of benzene rings is 1. The summed E-state index contributed by atoms with van der Waals surface area (Å²) >= 11 is 0. The van der Waals surface area contributed by atoms with E-state index in [1.807, 2.05) is 6.07 Å². The topological polar surface area (TPSA) is 76.4 Å². The van der Waals surface area contributed by atoms with Crippen LogP contribution in [0, 0.1) is 16.0 Å². The predicted octanol–water partition coefficient (Wildman–Crippen LogP) is 3.25. The molecule has 116 valence electrons. The Morgan fingerprint density at radius 2 is 2.05 bits per heavy atom. The van der Waals surface area contributed by atoms with Crippen molar-refractivity contribution < 1.29 is 9.66 Å². The first-order valence-corrected chi connectivity index (χ1v) is 7.49. The smallest absolute Gasteiger partial charge is 0.273 e. The number of nitrogens with one attached hydrogen (secondary N) is 2. The predicted molar refractivity (Wildman–Crippen MR) is 83.9 cm³/mol. The molecule has 1 fully saturated rings. The van der Waals surface area contributed by atoms with Crippen LogP contribution in [0.3, 0.4) is 0 Å². The molecule has 1 aromatic carbocycles. The highest BCUT2D eigenvalue weighted by molar-refractivity contribution is 5.63. The molecule has 0 spiro atoms. The highest BCUT2D eigenvalue weighted by Crippen LogP contribution is 2.26. The van der Waals surface area contributed by atoms with Crippen molar-refractivity contribution >= 4 is 17.1 Å². The minimum atomic E-state index is -0.358. The number of nitrogens with zero attached hydrogens (tertiary/aromatic N) is 1. The van der Waals surface area contributed by atoms with Crippen molar-refractivity contribution in [1.29, 1.82) is 0 Å². The van der Waals surface area contributed by atoms with Gasteiger partial charge in [-0.2, -0.15) is 0 Å². The molecule has 2 unspecified atom stereocenters. The maximum atomic E-state index is 11.0. The quantitative estimate of drug-likeness (QED) is 0.596. The van der Waals surface area contributed by atoms with Gasteiger partial charge in [0.1, 0.15) is 0 Å². The second-order valence-corrected chi connectivity index (χ2v) is 5.46. The Kier molecular flexibility index (Phi) is 5.38. The van der Waals surface area contributed by atoms with E-state index in [0.29, 0.717) is 5.92 Å². The number of ether oxygens (including phenoxy) is 1. The van der Waals surface area contributed by atoms with Gasteiger partial charge in [0.15, 0.2) is 0 Å². The van der Waals surface area contributed by atoms with Crippen LogP contribution in [0.25, 0.3) is 0 Å². The maximum absolute atomic E-state index is 11.0. The molecule has 21 heavy (non-hydrogen) atoms. The summed E-state index contributed by atoms with van der Waals surface area (Å²) in [7, 11) is 0. The van der Waals surface area contributed by atoms with Crippen LogP contribution in [0.4, 0.5) is 17.1 Å². The van der Waals surface area contributed by atoms with Crippen molar-refractivity contribution in [2.75, 3.05) is 30.3 Å². The van der Waals surface area contributed by atoms with Gasteiger partial charge in [0.05, 0.1) is 11.0 Å². The van der Waals surface area contributed by atoms with Gasteiger partial charge in [-0.05, 0) is 25.8 Å². The van der Waals surface area contributed by atoms with E-state index in [9.17, 15) is 10.1 Å². The molecular formula is C15H23N3O3. The average Bonchev–Trinajstić information content (AvgIpc) is 2.88. The van der Waals surface area contributed by atoms with E-state index in [-0.39, 0.29) is 16.7 Å². The summed E-state index contributed by atoms with van der Waals surface area (Å²) in [4.78, 5) is 10.7. The maximum Gasteiger partial charge on any atom is 0.273 e. The van der Waals surface area contributed by atoms with Crippen LogP contribution in [0.5, 0.6) is 0 Å². The third-order valence-corrected chi connectivity index (χ3v) is 3.81. The average molecular weight is 293 g/mol. The molecule has 0 radical (unpaired) electrons. The molecule has 1 saturated heterocycles. The van der Waals surface area contributed by atoms with Gasteiger partial charge in [-0.1, -0.05) is 6.92 Å². The molecule has 0 aromatic heterocycles. The number of nitro benzene ring substituents is 1. The molecule has 1 aliphatic rings. The minimum Gasteiger partial charge on any atom is -0.385 e. The van der Waals surface area contributed by atoms with E-state index in [2.05, 4.69) is 24.5 Å². The lowest BCUT2D eigenvalue weighted by atomic mass is 10.0. The molecule has 0 bridgehead atoms. The summed E-state index contributed by atoms with van der Waals surface area (Å²) in [5.74, 6) is 0.455. The van der Waals surface area contributed by atoms with Gasteiger partial charge in [-0.25, -0.2) is 0 Å².